The molecule has 1 aromatic carbocycles. The summed E-state index contributed by atoms with van der Waals surface area (Å²) in [6, 6.07) is 9.69. The molecule has 1 N–H and O–H groups in total. The van der Waals surface area contributed by atoms with Gasteiger partial charge in [-0.15, -0.1) is 0 Å². The molecule has 6 nitrogen and oxygen atoms in total. The quantitative estimate of drug-likeness (QED) is 0.813. The first kappa shape index (κ1) is 17.3. The molecule has 6 heteroatoms. The van der Waals surface area contributed by atoms with Gasteiger partial charge >= 0.3 is 12.1 Å². The van der Waals surface area contributed by atoms with Crippen molar-refractivity contribution in [1.82, 2.24) is 10.4 Å². The van der Waals surface area contributed by atoms with Crippen LogP contribution in [0.5, 0.6) is 0 Å². The van der Waals surface area contributed by atoms with Crippen molar-refractivity contribution in [1.29, 1.82) is 0 Å². The molecular formula is C17H24N2O4. The van der Waals surface area contributed by atoms with Crippen LogP contribution in [0.4, 0.5) is 4.79 Å². The Kier molecular flexibility index (Phi) is 5.26. The molecular weight excluding hydrogens is 296 g/mol. The van der Waals surface area contributed by atoms with Crippen molar-refractivity contribution < 1.29 is 19.1 Å². The molecule has 126 valence electrons. The van der Waals surface area contributed by atoms with Crippen LogP contribution >= 0.6 is 0 Å². The molecule has 1 aliphatic rings. The summed E-state index contributed by atoms with van der Waals surface area (Å²) in [4.78, 5) is 24.2. The molecule has 0 bridgehead atoms. The molecule has 0 aliphatic carbocycles. The van der Waals surface area contributed by atoms with Crippen LogP contribution in [0.2, 0.25) is 0 Å². The Morgan fingerprint density at radius 1 is 1.43 bits per heavy atom. The van der Waals surface area contributed by atoms with Gasteiger partial charge in [-0.3, -0.25) is 0 Å². The number of hydrogen-bond acceptors (Lipinski definition) is 5. The van der Waals surface area contributed by atoms with Gasteiger partial charge in [0.15, 0.2) is 0 Å². The third-order valence-electron chi connectivity index (χ3n) is 4.39. The van der Waals surface area contributed by atoms with Gasteiger partial charge in [0.1, 0.15) is 12.1 Å². The Balaban J connectivity index is 2.17. The summed E-state index contributed by atoms with van der Waals surface area (Å²) in [5.74, 6) is -0.480. The van der Waals surface area contributed by atoms with Gasteiger partial charge in [0.25, 0.3) is 0 Å². The summed E-state index contributed by atoms with van der Waals surface area (Å²) in [6.07, 6.45) is 0.177. The van der Waals surface area contributed by atoms with Gasteiger partial charge in [-0.1, -0.05) is 44.2 Å². The van der Waals surface area contributed by atoms with E-state index >= 15 is 0 Å². The number of amides is 1. The van der Waals surface area contributed by atoms with Gasteiger partial charge in [-0.05, 0) is 24.8 Å². The number of benzene rings is 1. The van der Waals surface area contributed by atoms with Crippen molar-refractivity contribution in [3.63, 3.8) is 0 Å². The van der Waals surface area contributed by atoms with E-state index in [9.17, 15) is 9.59 Å². The number of esters is 1. The van der Waals surface area contributed by atoms with E-state index in [0.29, 0.717) is 6.42 Å². The molecule has 23 heavy (non-hydrogen) atoms. The Hall–Kier alpha value is -2.08. The first-order chi connectivity index (χ1) is 10.9. The zero-order valence-corrected chi connectivity index (χ0v) is 14.0. The smallest absolute Gasteiger partial charge is 0.424 e. The predicted octanol–water partition coefficient (Wildman–Crippen LogP) is 2.14. The average Bonchev–Trinajstić information content (AvgIpc) is 2.87. The van der Waals surface area contributed by atoms with Crippen LogP contribution in [0.3, 0.4) is 0 Å². The van der Waals surface area contributed by atoms with Gasteiger partial charge in [0.05, 0.1) is 13.2 Å². The number of rotatable bonds is 6. The molecule has 0 radical (unpaired) electrons. The highest BCUT2D eigenvalue weighted by molar-refractivity contribution is 5.81. The van der Waals surface area contributed by atoms with Gasteiger partial charge in [0, 0.05) is 0 Å². The first-order valence-corrected chi connectivity index (χ1v) is 7.74. The van der Waals surface area contributed by atoms with E-state index in [0.717, 1.165) is 5.56 Å². The summed E-state index contributed by atoms with van der Waals surface area (Å²) in [7, 11) is 1.34. The molecule has 1 saturated heterocycles. The minimum atomic E-state index is -1.01. The molecule has 0 aromatic heterocycles. The van der Waals surface area contributed by atoms with E-state index in [1.807, 2.05) is 44.2 Å². The number of nitrogens with one attached hydrogen (secondary N) is 1. The number of carbonyl (C=O) groups excluding carboxylic acids is 2. The molecule has 2 atom stereocenters. The minimum absolute atomic E-state index is 0.0688. The normalized spacial score (nSPS) is 20.3. The third-order valence-corrected chi connectivity index (χ3v) is 4.39. The highest BCUT2D eigenvalue weighted by atomic mass is 16.6. The van der Waals surface area contributed by atoms with Gasteiger partial charge in [-0.2, -0.15) is 0 Å². The average molecular weight is 320 g/mol. The van der Waals surface area contributed by atoms with Crippen LogP contribution in [0.15, 0.2) is 30.3 Å². The second-order valence-electron chi connectivity index (χ2n) is 6.25. The van der Waals surface area contributed by atoms with Crippen molar-refractivity contribution in [2.45, 2.75) is 38.8 Å². The summed E-state index contributed by atoms with van der Waals surface area (Å²) < 4.78 is 10.1. The minimum Gasteiger partial charge on any atom is -0.468 e. The molecule has 1 amide bonds. The first-order valence-electron chi connectivity index (χ1n) is 7.74. The van der Waals surface area contributed by atoms with E-state index in [4.69, 9.17) is 9.47 Å². The zero-order valence-electron chi connectivity index (χ0n) is 14.0. The van der Waals surface area contributed by atoms with Crippen LogP contribution in [0.25, 0.3) is 0 Å². The maximum Gasteiger partial charge on any atom is 0.424 e. The highest BCUT2D eigenvalue weighted by Gasteiger charge is 2.44. The Morgan fingerprint density at radius 3 is 2.65 bits per heavy atom. The highest BCUT2D eigenvalue weighted by Crippen LogP contribution is 2.23. The summed E-state index contributed by atoms with van der Waals surface area (Å²) in [5, 5.41) is 1.42. The second kappa shape index (κ2) is 7.00. The lowest BCUT2D eigenvalue weighted by Gasteiger charge is -2.36. The van der Waals surface area contributed by atoms with E-state index in [2.05, 4.69) is 5.43 Å². The van der Waals surface area contributed by atoms with Crippen LogP contribution in [-0.2, 0) is 20.7 Å². The van der Waals surface area contributed by atoms with Crippen LogP contribution in [0, 0.1) is 5.92 Å². The van der Waals surface area contributed by atoms with E-state index in [1.54, 1.807) is 6.92 Å². The maximum absolute atomic E-state index is 12.2. The fourth-order valence-electron chi connectivity index (χ4n) is 2.51. The largest absolute Gasteiger partial charge is 0.468 e. The van der Waals surface area contributed by atoms with Crippen LogP contribution < -0.4 is 5.43 Å². The number of methoxy groups -OCH3 is 1. The van der Waals surface area contributed by atoms with Crippen molar-refractivity contribution >= 4 is 12.1 Å². The van der Waals surface area contributed by atoms with Crippen molar-refractivity contribution in [2.24, 2.45) is 5.92 Å². The Bertz CT molecular complexity index is 561. The lowest BCUT2D eigenvalue weighted by molar-refractivity contribution is -0.152. The van der Waals surface area contributed by atoms with Gasteiger partial charge in [0.2, 0.25) is 0 Å². The molecule has 0 saturated carbocycles. The van der Waals surface area contributed by atoms with Crippen molar-refractivity contribution in [3.05, 3.63) is 35.9 Å². The van der Waals surface area contributed by atoms with E-state index < -0.39 is 17.6 Å². The van der Waals surface area contributed by atoms with Crippen LogP contribution in [-0.4, -0.2) is 42.4 Å². The number of nitrogens with zero attached hydrogens (tertiary/aromatic N) is 1. The molecule has 2 rings (SSSR count). The van der Waals surface area contributed by atoms with Gasteiger partial charge in [-0.25, -0.2) is 20.0 Å². The number of carbonyl (C=O) groups is 2. The lowest BCUT2D eigenvalue weighted by atomic mass is 9.89. The summed E-state index contributed by atoms with van der Waals surface area (Å²) >= 11 is 0. The molecule has 0 unspecified atom stereocenters. The fourth-order valence-corrected chi connectivity index (χ4v) is 2.51. The SMILES string of the molecule is COC(=O)[C@@](C)(NN1C(=O)OC[C@@H]1Cc1ccccc1)C(C)C. The number of hydrogen-bond donors (Lipinski definition) is 1. The molecule has 0 spiro atoms. The van der Waals surface area contributed by atoms with E-state index in [-0.39, 0.29) is 18.6 Å². The monoisotopic (exact) mass is 320 g/mol. The molecule has 1 heterocycles. The van der Waals surface area contributed by atoms with Gasteiger partial charge < -0.3 is 9.47 Å². The fraction of sp³-hybridized carbons (Fsp3) is 0.529. The number of ether oxygens (including phenoxy) is 2. The van der Waals surface area contributed by atoms with Crippen LogP contribution in [0.1, 0.15) is 26.3 Å². The summed E-state index contributed by atoms with van der Waals surface area (Å²) in [6.45, 7) is 5.82. The van der Waals surface area contributed by atoms with Crippen molar-refractivity contribution in [3.8, 4) is 0 Å². The third kappa shape index (κ3) is 3.64. The lowest BCUT2D eigenvalue weighted by Crippen LogP contribution is -2.62. The zero-order chi connectivity index (χ0) is 17.0. The Morgan fingerprint density at radius 2 is 2.09 bits per heavy atom. The number of hydrazine groups is 1. The van der Waals surface area contributed by atoms with E-state index in [1.165, 1.54) is 12.1 Å². The standard InChI is InChI=1S/C17H24N2O4/c1-12(2)17(3,15(20)22-4)18-19-14(11-23-16(19)21)10-13-8-6-5-7-9-13/h5-9,12,14,18H,10-11H2,1-4H3/t14-,17-/m0/s1. The predicted molar refractivity (Wildman–Crippen MR) is 85.5 cm³/mol. The second-order valence-corrected chi connectivity index (χ2v) is 6.25. The Labute approximate surface area is 136 Å². The van der Waals surface area contributed by atoms with Crippen molar-refractivity contribution in [2.75, 3.05) is 13.7 Å². The molecule has 1 aliphatic heterocycles. The topological polar surface area (TPSA) is 67.9 Å². The molecule has 1 aromatic rings. The molecule has 1 fully saturated rings. The summed E-state index contributed by atoms with van der Waals surface area (Å²) in [5.41, 5.74) is 3.14. The number of cyclic esters (lactones) is 1. The maximum atomic E-state index is 12.2.